The first kappa shape index (κ1) is 10.3. The van der Waals surface area contributed by atoms with E-state index < -0.39 is 11.6 Å². The number of rotatable bonds is 1. The van der Waals surface area contributed by atoms with Crippen molar-refractivity contribution in [3.63, 3.8) is 0 Å². The quantitative estimate of drug-likeness (QED) is 0.692. The Labute approximate surface area is 89.7 Å². The standard InChI is InChI=1S/C9H7N3O4/c13-9(10-14)8-5-11(15)6-3-1-2-4-7(6)12(8)16/h1-5,15-16H. The zero-order chi connectivity index (χ0) is 11.7. The highest BCUT2D eigenvalue weighted by molar-refractivity contribution is 5.99. The monoisotopic (exact) mass is 221 g/mol. The lowest BCUT2D eigenvalue weighted by atomic mass is 10.2. The third-order valence-electron chi connectivity index (χ3n) is 2.13. The summed E-state index contributed by atoms with van der Waals surface area (Å²) in [6, 6.07) is 6.26. The second kappa shape index (κ2) is 3.72. The van der Waals surface area contributed by atoms with Gasteiger partial charge in [-0.3, -0.25) is 15.2 Å². The SMILES string of the molecule is O=NC(=O)C1=CN(O)c2ccccc2N1O. The van der Waals surface area contributed by atoms with Crippen LogP contribution in [0.4, 0.5) is 11.4 Å². The zero-order valence-corrected chi connectivity index (χ0v) is 7.94. The van der Waals surface area contributed by atoms with Crippen LogP contribution in [0.5, 0.6) is 0 Å². The number of carbonyl (C=O) groups is 1. The van der Waals surface area contributed by atoms with Crippen LogP contribution in [0.1, 0.15) is 0 Å². The highest BCUT2D eigenvalue weighted by Crippen LogP contribution is 2.34. The maximum absolute atomic E-state index is 11.0. The molecule has 7 nitrogen and oxygen atoms in total. The van der Waals surface area contributed by atoms with Gasteiger partial charge in [-0.1, -0.05) is 12.1 Å². The van der Waals surface area contributed by atoms with Crippen LogP contribution in [0.25, 0.3) is 0 Å². The molecule has 1 amide bonds. The molecule has 82 valence electrons. The van der Waals surface area contributed by atoms with Crippen LogP contribution in [0, 0.1) is 4.91 Å². The van der Waals surface area contributed by atoms with Crippen LogP contribution >= 0.6 is 0 Å². The van der Waals surface area contributed by atoms with Crippen molar-refractivity contribution in [2.75, 3.05) is 10.1 Å². The van der Waals surface area contributed by atoms with Gasteiger partial charge in [0.25, 0.3) is 0 Å². The lowest BCUT2D eigenvalue weighted by Gasteiger charge is -2.28. The molecular formula is C9H7N3O4. The lowest BCUT2D eigenvalue weighted by Crippen LogP contribution is -2.31. The molecule has 0 bridgehead atoms. The number of hydroxylamine groups is 2. The predicted octanol–water partition coefficient (Wildman–Crippen LogP) is 1.23. The van der Waals surface area contributed by atoms with E-state index in [0.29, 0.717) is 10.1 Å². The molecule has 0 radical (unpaired) electrons. The average molecular weight is 221 g/mol. The van der Waals surface area contributed by atoms with Gasteiger partial charge in [0.2, 0.25) is 0 Å². The van der Waals surface area contributed by atoms with Crippen LogP contribution in [-0.4, -0.2) is 16.3 Å². The van der Waals surface area contributed by atoms with E-state index in [0.717, 1.165) is 6.20 Å². The number of para-hydroxylation sites is 2. The fraction of sp³-hybridized carbons (Fsp3) is 0. The molecule has 0 aromatic heterocycles. The Hall–Kier alpha value is -2.25. The minimum absolute atomic E-state index is 0.180. The van der Waals surface area contributed by atoms with E-state index in [1.807, 2.05) is 0 Å². The number of nitrogens with zero attached hydrogens (tertiary/aromatic N) is 3. The Kier molecular flexibility index (Phi) is 2.39. The number of nitroso groups, excluding NO2 is 1. The van der Waals surface area contributed by atoms with Crippen LogP contribution in [-0.2, 0) is 4.79 Å². The third-order valence-corrected chi connectivity index (χ3v) is 2.13. The molecule has 7 heteroatoms. The van der Waals surface area contributed by atoms with Crippen molar-refractivity contribution in [3.8, 4) is 0 Å². The number of carbonyl (C=O) groups excluding carboxylic acids is 1. The second-order valence-electron chi connectivity index (χ2n) is 3.06. The van der Waals surface area contributed by atoms with Crippen molar-refractivity contribution in [1.29, 1.82) is 0 Å². The third kappa shape index (κ3) is 1.44. The minimum Gasteiger partial charge on any atom is -0.284 e. The second-order valence-corrected chi connectivity index (χ2v) is 3.06. The molecule has 0 spiro atoms. The molecular weight excluding hydrogens is 214 g/mol. The number of hydrogen-bond donors (Lipinski definition) is 2. The maximum atomic E-state index is 11.0. The normalized spacial score (nSPS) is 14.2. The predicted molar refractivity (Wildman–Crippen MR) is 53.9 cm³/mol. The van der Waals surface area contributed by atoms with Gasteiger partial charge in [0, 0.05) is 5.18 Å². The summed E-state index contributed by atoms with van der Waals surface area (Å²) in [6.07, 6.45) is 0.909. The Morgan fingerprint density at radius 2 is 1.81 bits per heavy atom. The highest BCUT2D eigenvalue weighted by atomic mass is 16.5. The Morgan fingerprint density at radius 3 is 2.44 bits per heavy atom. The van der Waals surface area contributed by atoms with Crippen molar-refractivity contribution in [1.82, 2.24) is 0 Å². The van der Waals surface area contributed by atoms with Gasteiger partial charge in [-0.15, -0.1) is 4.91 Å². The summed E-state index contributed by atoms with van der Waals surface area (Å²) in [6.45, 7) is 0. The number of hydrogen-bond acceptors (Lipinski definition) is 6. The van der Waals surface area contributed by atoms with E-state index in [2.05, 4.69) is 5.18 Å². The Bertz CT molecular complexity index is 485. The number of benzene rings is 1. The fourth-order valence-electron chi connectivity index (χ4n) is 1.40. The molecule has 1 heterocycles. The van der Waals surface area contributed by atoms with E-state index in [1.165, 1.54) is 12.1 Å². The topological polar surface area (TPSA) is 93.4 Å². The summed E-state index contributed by atoms with van der Waals surface area (Å²) in [7, 11) is 0. The molecule has 0 atom stereocenters. The molecule has 0 aliphatic carbocycles. The highest BCUT2D eigenvalue weighted by Gasteiger charge is 2.27. The molecule has 1 aromatic carbocycles. The zero-order valence-electron chi connectivity index (χ0n) is 7.94. The largest absolute Gasteiger partial charge is 0.337 e. The van der Waals surface area contributed by atoms with E-state index in [4.69, 9.17) is 0 Å². The molecule has 0 fully saturated rings. The fourth-order valence-corrected chi connectivity index (χ4v) is 1.40. The number of amides is 1. The molecule has 1 aliphatic rings. The van der Waals surface area contributed by atoms with E-state index in [-0.39, 0.29) is 11.4 Å². The molecule has 1 aromatic rings. The van der Waals surface area contributed by atoms with E-state index in [1.54, 1.807) is 12.1 Å². The number of anilines is 2. The molecule has 1 aliphatic heterocycles. The molecule has 0 saturated carbocycles. The summed E-state index contributed by atoms with van der Waals surface area (Å²) in [4.78, 5) is 21.1. The Morgan fingerprint density at radius 1 is 1.19 bits per heavy atom. The van der Waals surface area contributed by atoms with Gasteiger partial charge < -0.3 is 0 Å². The van der Waals surface area contributed by atoms with Gasteiger partial charge in [0.1, 0.15) is 0 Å². The van der Waals surface area contributed by atoms with E-state index in [9.17, 15) is 20.1 Å². The average Bonchev–Trinajstić information content (AvgIpc) is 2.33. The summed E-state index contributed by atoms with van der Waals surface area (Å²) in [5, 5.41) is 22.5. The Balaban J connectivity index is 2.50. The molecule has 0 unspecified atom stereocenters. The van der Waals surface area contributed by atoms with Gasteiger partial charge in [0.15, 0.2) is 5.70 Å². The van der Waals surface area contributed by atoms with Gasteiger partial charge >= 0.3 is 5.91 Å². The smallest absolute Gasteiger partial charge is 0.284 e. The van der Waals surface area contributed by atoms with Crippen LogP contribution in [0.2, 0.25) is 0 Å². The first-order chi connectivity index (χ1) is 7.65. The van der Waals surface area contributed by atoms with Gasteiger partial charge in [0.05, 0.1) is 17.6 Å². The summed E-state index contributed by atoms with van der Waals surface area (Å²) < 4.78 is 0. The van der Waals surface area contributed by atoms with Crippen molar-refractivity contribution in [3.05, 3.63) is 41.1 Å². The molecule has 2 rings (SSSR count). The lowest BCUT2D eigenvalue weighted by molar-refractivity contribution is -0.115. The van der Waals surface area contributed by atoms with Crippen molar-refractivity contribution < 1.29 is 15.2 Å². The first-order valence-electron chi connectivity index (χ1n) is 4.31. The minimum atomic E-state index is -1.17. The molecule has 0 saturated heterocycles. The first-order valence-corrected chi connectivity index (χ1v) is 4.31. The molecule has 16 heavy (non-hydrogen) atoms. The van der Waals surface area contributed by atoms with E-state index >= 15 is 0 Å². The van der Waals surface area contributed by atoms with Crippen LogP contribution in [0.3, 0.4) is 0 Å². The van der Waals surface area contributed by atoms with Crippen molar-refractivity contribution >= 4 is 17.3 Å². The number of fused-ring (bicyclic) bond motifs is 1. The van der Waals surface area contributed by atoms with Gasteiger partial charge in [-0.2, -0.15) is 0 Å². The van der Waals surface area contributed by atoms with Crippen LogP contribution in [0.15, 0.2) is 41.3 Å². The summed E-state index contributed by atoms with van der Waals surface area (Å²) in [5.74, 6) is -1.17. The van der Waals surface area contributed by atoms with Crippen LogP contribution < -0.4 is 10.1 Å². The van der Waals surface area contributed by atoms with Crippen molar-refractivity contribution in [2.45, 2.75) is 0 Å². The summed E-state index contributed by atoms with van der Waals surface area (Å²) >= 11 is 0. The van der Waals surface area contributed by atoms with Crippen molar-refractivity contribution in [2.24, 2.45) is 5.18 Å². The summed E-state index contributed by atoms with van der Waals surface area (Å²) in [5.41, 5.74) is 0.0446. The molecule has 2 N–H and O–H groups in total. The van der Waals surface area contributed by atoms with Gasteiger partial charge in [-0.25, -0.2) is 10.1 Å². The van der Waals surface area contributed by atoms with Gasteiger partial charge in [-0.05, 0) is 12.1 Å². The maximum Gasteiger partial charge on any atom is 0.337 e.